The molecule has 0 aromatic heterocycles. The van der Waals surface area contributed by atoms with Gasteiger partial charge in [0.2, 0.25) is 0 Å². The zero-order valence-corrected chi connectivity index (χ0v) is 16.2. The van der Waals surface area contributed by atoms with Crippen LogP contribution in [-0.4, -0.2) is 44.2 Å². The first-order valence-corrected chi connectivity index (χ1v) is 9.33. The van der Waals surface area contributed by atoms with Crippen molar-refractivity contribution in [2.75, 3.05) is 33.4 Å². The minimum Gasteiger partial charge on any atom is -0.493 e. The van der Waals surface area contributed by atoms with Crippen LogP contribution in [0.4, 0.5) is 0 Å². The third-order valence-corrected chi connectivity index (χ3v) is 4.81. The van der Waals surface area contributed by atoms with Crippen LogP contribution in [-0.2, 0) is 9.53 Å². The van der Waals surface area contributed by atoms with Crippen LogP contribution in [0.15, 0.2) is 48.5 Å². The van der Waals surface area contributed by atoms with Crippen molar-refractivity contribution in [2.24, 2.45) is 0 Å². The zero-order chi connectivity index (χ0) is 19.2. The largest absolute Gasteiger partial charge is 0.493 e. The predicted molar refractivity (Wildman–Crippen MR) is 104 cm³/mol. The van der Waals surface area contributed by atoms with E-state index in [0.717, 1.165) is 5.56 Å². The maximum atomic E-state index is 12.6. The average Bonchev–Trinajstić information content (AvgIpc) is 2.72. The second-order valence-electron chi connectivity index (χ2n) is 6.96. The summed E-state index contributed by atoms with van der Waals surface area (Å²) < 4.78 is 16.8. The van der Waals surface area contributed by atoms with Gasteiger partial charge in [0.1, 0.15) is 6.10 Å². The third-order valence-electron chi connectivity index (χ3n) is 4.81. The van der Waals surface area contributed by atoms with Gasteiger partial charge in [-0.1, -0.05) is 50.2 Å². The highest BCUT2D eigenvalue weighted by atomic mass is 16.5. The number of hydrogen-bond acceptors (Lipinski definition) is 4. The van der Waals surface area contributed by atoms with Gasteiger partial charge in [-0.3, -0.25) is 4.79 Å². The van der Waals surface area contributed by atoms with Gasteiger partial charge in [-0.15, -0.1) is 0 Å². The fraction of sp³-hybridized carbons (Fsp3) is 0.409. The maximum Gasteiger partial charge on any atom is 0.260 e. The van der Waals surface area contributed by atoms with Crippen molar-refractivity contribution >= 4 is 5.91 Å². The molecule has 27 heavy (non-hydrogen) atoms. The Bertz CT molecular complexity index is 757. The molecule has 0 aliphatic carbocycles. The molecule has 1 aliphatic heterocycles. The van der Waals surface area contributed by atoms with Gasteiger partial charge >= 0.3 is 0 Å². The Balaban J connectivity index is 1.59. The first-order valence-electron chi connectivity index (χ1n) is 9.33. The normalized spacial score (nSPS) is 17.0. The van der Waals surface area contributed by atoms with Gasteiger partial charge in [-0.05, 0) is 29.2 Å². The molecule has 3 rings (SSSR count). The van der Waals surface area contributed by atoms with Gasteiger partial charge in [0.05, 0.1) is 20.3 Å². The topological polar surface area (TPSA) is 48.0 Å². The Morgan fingerprint density at radius 2 is 1.85 bits per heavy atom. The summed E-state index contributed by atoms with van der Waals surface area (Å²) >= 11 is 0. The second kappa shape index (κ2) is 8.91. The predicted octanol–water partition coefficient (Wildman–Crippen LogP) is 3.80. The number of morpholine rings is 1. The number of benzene rings is 2. The number of rotatable bonds is 6. The molecule has 2 aromatic carbocycles. The number of amides is 1. The van der Waals surface area contributed by atoms with E-state index in [1.165, 1.54) is 5.56 Å². The minimum absolute atomic E-state index is 0.0145. The van der Waals surface area contributed by atoms with Crippen LogP contribution in [0.25, 0.3) is 0 Å². The number of carbonyl (C=O) groups is 1. The fourth-order valence-corrected chi connectivity index (χ4v) is 3.14. The molecule has 0 saturated carbocycles. The smallest absolute Gasteiger partial charge is 0.260 e. The summed E-state index contributed by atoms with van der Waals surface area (Å²) in [6, 6.07) is 15.8. The van der Waals surface area contributed by atoms with Crippen LogP contribution in [0.3, 0.4) is 0 Å². The van der Waals surface area contributed by atoms with E-state index in [1.54, 1.807) is 18.1 Å². The maximum absolute atomic E-state index is 12.6. The standard InChI is InChI=1S/C22H27NO4/c1-16(2)17-8-10-18(11-9-17)21-14-23(12-13-26-21)22(24)15-27-20-7-5-4-6-19(20)25-3/h4-11,16,21H,12-15H2,1-3H3. The molecule has 5 nitrogen and oxygen atoms in total. The Morgan fingerprint density at radius 1 is 1.15 bits per heavy atom. The molecule has 1 heterocycles. The number of para-hydroxylation sites is 2. The quantitative estimate of drug-likeness (QED) is 0.777. The van der Waals surface area contributed by atoms with Gasteiger partial charge in [0.15, 0.2) is 18.1 Å². The number of ether oxygens (including phenoxy) is 3. The highest BCUT2D eigenvalue weighted by Crippen LogP contribution is 2.27. The molecule has 2 aromatic rings. The van der Waals surface area contributed by atoms with E-state index in [9.17, 15) is 4.79 Å². The molecular weight excluding hydrogens is 342 g/mol. The summed E-state index contributed by atoms with van der Waals surface area (Å²) in [5.41, 5.74) is 2.40. The van der Waals surface area contributed by atoms with Crippen LogP contribution in [0.2, 0.25) is 0 Å². The molecule has 1 atom stereocenters. The number of carbonyl (C=O) groups excluding carboxylic acids is 1. The molecule has 1 amide bonds. The molecule has 0 radical (unpaired) electrons. The van der Waals surface area contributed by atoms with Crippen LogP contribution < -0.4 is 9.47 Å². The molecule has 1 unspecified atom stereocenters. The zero-order valence-electron chi connectivity index (χ0n) is 16.2. The number of nitrogens with zero attached hydrogens (tertiary/aromatic N) is 1. The summed E-state index contributed by atoms with van der Waals surface area (Å²) in [6.45, 7) is 5.97. The van der Waals surface area contributed by atoms with E-state index >= 15 is 0 Å². The molecule has 1 aliphatic rings. The second-order valence-corrected chi connectivity index (χ2v) is 6.96. The third kappa shape index (κ3) is 4.80. The first-order chi connectivity index (χ1) is 13.1. The van der Waals surface area contributed by atoms with Crippen molar-refractivity contribution in [1.82, 2.24) is 4.90 Å². The summed E-state index contributed by atoms with van der Waals surface area (Å²) in [4.78, 5) is 14.4. The summed E-state index contributed by atoms with van der Waals surface area (Å²) in [6.07, 6.45) is -0.102. The van der Waals surface area contributed by atoms with Crippen molar-refractivity contribution in [3.05, 3.63) is 59.7 Å². The van der Waals surface area contributed by atoms with Crippen molar-refractivity contribution < 1.29 is 19.0 Å². The van der Waals surface area contributed by atoms with Gasteiger partial charge in [0.25, 0.3) is 5.91 Å². The Kier molecular flexibility index (Phi) is 6.35. The lowest BCUT2D eigenvalue weighted by atomic mass is 9.99. The molecule has 0 spiro atoms. The SMILES string of the molecule is COc1ccccc1OCC(=O)N1CCOC(c2ccc(C(C)C)cc2)C1. The van der Waals surface area contributed by atoms with Gasteiger partial charge < -0.3 is 19.1 Å². The lowest BCUT2D eigenvalue weighted by Gasteiger charge is -2.33. The van der Waals surface area contributed by atoms with E-state index in [4.69, 9.17) is 14.2 Å². The van der Waals surface area contributed by atoms with Crippen LogP contribution in [0.5, 0.6) is 11.5 Å². The molecule has 1 saturated heterocycles. The number of methoxy groups -OCH3 is 1. The van der Waals surface area contributed by atoms with E-state index < -0.39 is 0 Å². The minimum atomic E-state index is -0.102. The molecule has 1 fully saturated rings. The van der Waals surface area contributed by atoms with E-state index in [1.807, 2.05) is 18.2 Å². The summed E-state index contributed by atoms with van der Waals surface area (Å²) in [5, 5.41) is 0. The van der Waals surface area contributed by atoms with Crippen LogP contribution in [0, 0.1) is 0 Å². The Hall–Kier alpha value is -2.53. The monoisotopic (exact) mass is 369 g/mol. The van der Waals surface area contributed by atoms with Crippen LogP contribution in [0.1, 0.15) is 37.0 Å². The van der Waals surface area contributed by atoms with Gasteiger partial charge in [-0.25, -0.2) is 0 Å². The molecule has 5 heteroatoms. The number of hydrogen-bond donors (Lipinski definition) is 0. The highest BCUT2D eigenvalue weighted by molar-refractivity contribution is 5.78. The highest BCUT2D eigenvalue weighted by Gasteiger charge is 2.26. The molecule has 0 bridgehead atoms. The van der Waals surface area contributed by atoms with Crippen LogP contribution >= 0.6 is 0 Å². The van der Waals surface area contributed by atoms with Crippen molar-refractivity contribution in [3.63, 3.8) is 0 Å². The molecule has 144 valence electrons. The Labute approximate surface area is 160 Å². The average molecular weight is 369 g/mol. The van der Waals surface area contributed by atoms with Crippen molar-refractivity contribution in [1.29, 1.82) is 0 Å². The first kappa shape index (κ1) is 19.2. The van der Waals surface area contributed by atoms with E-state index in [0.29, 0.717) is 37.1 Å². The van der Waals surface area contributed by atoms with Gasteiger partial charge in [0, 0.05) is 6.54 Å². The molecule has 0 N–H and O–H groups in total. The Morgan fingerprint density at radius 3 is 2.52 bits per heavy atom. The van der Waals surface area contributed by atoms with Crippen molar-refractivity contribution in [3.8, 4) is 11.5 Å². The lowest BCUT2D eigenvalue weighted by Crippen LogP contribution is -2.44. The van der Waals surface area contributed by atoms with Gasteiger partial charge in [-0.2, -0.15) is 0 Å². The van der Waals surface area contributed by atoms with E-state index in [2.05, 4.69) is 38.1 Å². The van der Waals surface area contributed by atoms with Crippen molar-refractivity contribution in [2.45, 2.75) is 25.9 Å². The fourth-order valence-electron chi connectivity index (χ4n) is 3.14. The van der Waals surface area contributed by atoms with E-state index in [-0.39, 0.29) is 18.6 Å². The summed E-state index contributed by atoms with van der Waals surface area (Å²) in [7, 11) is 1.58. The summed E-state index contributed by atoms with van der Waals surface area (Å²) in [5.74, 6) is 1.64. The molecular formula is C22H27NO4. The lowest BCUT2D eigenvalue weighted by molar-refractivity contribution is -0.141.